The maximum absolute atomic E-state index is 12.3. The Morgan fingerprint density at radius 1 is 1.63 bits per heavy atom. The molecule has 2 rings (SSSR count). The minimum absolute atomic E-state index is 0.00764. The smallest absolute Gasteiger partial charge is 0.318 e. The van der Waals surface area contributed by atoms with Crippen molar-refractivity contribution in [2.24, 2.45) is 7.05 Å². The zero-order valence-electron chi connectivity index (χ0n) is 11.9. The minimum Gasteiger partial charge on any atom is -0.383 e. The van der Waals surface area contributed by atoms with Crippen LogP contribution in [0.2, 0.25) is 0 Å². The van der Waals surface area contributed by atoms with Crippen LogP contribution in [0.25, 0.3) is 0 Å². The van der Waals surface area contributed by atoms with E-state index in [2.05, 4.69) is 16.0 Å². The fourth-order valence-corrected chi connectivity index (χ4v) is 2.72. The lowest BCUT2D eigenvalue weighted by atomic mass is 10.1. The Morgan fingerprint density at radius 2 is 2.42 bits per heavy atom. The first-order valence-electron chi connectivity index (χ1n) is 6.80. The fourth-order valence-electron chi connectivity index (χ4n) is 2.72. The summed E-state index contributed by atoms with van der Waals surface area (Å²) >= 11 is 0. The Bertz CT molecular complexity index is 430. The molecule has 5 heteroatoms. The summed E-state index contributed by atoms with van der Waals surface area (Å²) in [5, 5.41) is 2.99. The second kappa shape index (κ2) is 6.10. The van der Waals surface area contributed by atoms with E-state index in [0.29, 0.717) is 6.61 Å². The number of carbonyl (C=O) groups excluding carboxylic acids is 1. The molecule has 0 radical (unpaired) electrons. The number of nitrogens with zero attached hydrogens (tertiary/aromatic N) is 2. The quantitative estimate of drug-likeness (QED) is 0.904. The second-order valence-electron chi connectivity index (χ2n) is 5.20. The van der Waals surface area contributed by atoms with E-state index in [0.717, 1.165) is 19.4 Å². The third-order valence-electron chi connectivity index (χ3n) is 3.63. The number of nitrogens with one attached hydrogen (secondary N) is 1. The first kappa shape index (κ1) is 13.9. The Hall–Kier alpha value is -1.49. The Kier molecular flexibility index (Phi) is 4.47. The van der Waals surface area contributed by atoms with E-state index in [9.17, 15) is 4.79 Å². The van der Waals surface area contributed by atoms with Crippen molar-refractivity contribution >= 4 is 6.03 Å². The van der Waals surface area contributed by atoms with Crippen LogP contribution in [0.4, 0.5) is 4.79 Å². The lowest BCUT2D eigenvalue weighted by Crippen LogP contribution is -2.45. The summed E-state index contributed by atoms with van der Waals surface area (Å²) in [6.45, 7) is 3.31. The highest BCUT2D eigenvalue weighted by molar-refractivity contribution is 5.75. The van der Waals surface area contributed by atoms with Crippen LogP contribution in [0.3, 0.4) is 0 Å². The summed E-state index contributed by atoms with van der Waals surface area (Å²) in [5.74, 6) is 0. The molecular weight excluding hydrogens is 242 g/mol. The van der Waals surface area contributed by atoms with Gasteiger partial charge in [-0.1, -0.05) is 0 Å². The normalized spacial score (nSPS) is 20.6. The molecule has 1 fully saturated rings. The van der Waals surface area contributed by atoms with Gasteiger partial charge in [0.15, 0.2) is 0 Å². The van der Waals surface area contributed by atoms with Gasteiger partial charge in [0.05, 0.1) is 18.7 Å². The van der Waals surface area contributed by atoms with Gasteiger partial charge in [-0.15, -0.1) is 0 Å². The molecule has 0 aliphatic carbocycles. The molecule has 0 saturated carbocycles. The van der Waals surface area contributed by atoms with Crippen molar-refractivity contribution in [3.05, 3.63) is 24.0 Å². The Labute approximate surface area is 114 Å². The average Bonchev–Trinajstić information content (AvgIpc) is 2.96. The van der Waals surface area contributed by atoms with Crippen LogP contribution < -0.4 is 5.32 Å². The van der Waals surface area contributed by atoms with Crippen molar-refractivity contribution in [2.75, 3.05) is 20.3 Å². The molecule has 2 heterocycles. The highest BCUT2D eigenvalue weighted by Gasteiger charge is 2.31. The van der Waals surface area contributed by atoms with Gasteiger partial charge in [0.2, 0.25) is 0 Å². The topological polar surface area (TPSA) is 46.5 Å². The zero-order chi connectivity index (χ0) is 13.8. The highest BCUT2D eigenvalue weighted by Crippen LogP contribution is 2.31. The monoisotopic (exact) mass is 265 g/mol. The zero-order valence-corrected chi connectivity index (χ0v) is 11.9. The van der Waals surface area contributed by atoms with Crippen LogP contribution in [0, 0.1) is 0 Å². The molecule has 0 bridgehead atoms. The summed E-state index contributed by atoms with van der Waals surface area (Å²) < 4.78 is 7.14. The largest absolute Gasteiger partial charge is 0.383 e. The molecule has 2 amide bonds. The van der Waals surface area contributed by atoms with Crippen molar-refractivity contribution in [3.63, 3.8) is 0 Å². The Balaban J connectivity index is 2.03. The van der Waals surface area contributed by atoms with E-state index in [4.69, 9.17) is 4.74 Å². The SMILES string of the molecule is COCC(C)NC(=O)N1CCCC1c1cccn1C. The molecule has 1 saturated heterocycles. The van der Waals surface area contributed by atoms with Crippen molar-refractivity contribution in [3.8, 4) is 0 Å². The van der Waals surface area contributed by atoms with Gasteiger partial charge in [-0.3, -0.25) is 0 Å². The number of aryl methyl sites for hydroxylation is 1. The third-order valence-corrected chi connectivity index (χ3v) is 3.63. The molecule has 1 aliphatic heterocycles. The van der Waals surface area contributed by atoms with Crippen LogP contribution in [0.15, 0.2) is 18.3 Å². The van der Waals surface area contributed by atoms with E-state index < -0.39 is 0 Å². The number of rotatable bonds is 4. The first-order chi connectivity index (χ1) is 9.13. The van der Waals surface area contributed by atoms with E-state index in [1.807, 2.05) is 31.1 Å². The van der Waals surface area contributed by atoms with E-state index in [-0.39, 0.29) is 18.1 Å². The molecule has 19 heavy (non-hydrogen) atoms. The number of carbonyl (C=O) groups is 1. The van der Waals surface area contributed by atoms with Gasteiger partial charge < -0.3 is 19.5 Å². The van der Waals surface area contributed by atoms with Gasteiger partial charge in [-0.25, -0.2) is 4.79 Å². The number of ether oxygens (including phenoxy) is 1. The van der Waals surface area contributed by atoms with Crippen LogP contribution in [0.1, 0.15) is 31.5 Å². The molecule has 2 atom stereocenters. The number of amides is 2. The first-order valence-corrected chi connectivity index (χ1v) is 6.80. The number of urea groups is 1. The van der Waals surface area contributed by atoms with Crippen molar-refractivity contribution in [1.82, 2.24) is 14.8 Å². The van der Waals surface area contributed by atoms with Gasteiger partial charge in [-0.05, 0) is 31.9 Å². The number of aromatic nitrogens is 1. The van der Waals surface area contributed by atoms with Crippen LogP contribution in [-0.2, 0) is 11.8 Å². The highest BCUT2D eigenvalue weighted by atomic mass is 16.5. The van der Waals surface area contributed by atoms with Crippen LogP contribution in [-0.4, -0.2) is 41.8 Å². The van der Waals surface area contributed by atoms with Gasteiger partial charge in [0, 0.05) is 32.6 Å². The van der Waals surface area contributed by atoms with Crippen molar-refractivity contribution in [1.29, 1.82) is 0 Å². The minimum atomic E-state index is 0.00764. The summed E-state index contributed by atoms with van der Waals surface area (Å²) in [7, 11) is 3.67. The molecular formula is C14H23N3O2. The standard InChI is InChI=1S/C14H23N3O2/c1-11(10-19-3)15-14(18)17-9-5-7-13(17)12-6-4-8-16(12)2/h4,6,8,11,13H,5,7,9-10H2,1-3H3,(H,15,18). The van der Waals surface area contributed by atoms with Crippen LogP contribution in [0.5, 0.6) is 0 Å². The maximum Gasteiger partial charge on any atom is 0.318 e. The molecule has 5 nitrogen and oxygen atoms in total. The predicted octanol–water partition coefficient (Wildman–Crippen LogP) is 1.91. The molecule has 1 N–H and O–H groups in total. The summed E-state index contributed by atoms with van der Waals surface area (Å²) in [5.41, 5.74) is 1.20. The van der Waals surface area contributed by atoms with E-state index >= 15 is 0 Å². The summed E-state index contributed by atoms with van der Waals surface area (Å²) in [6, 6.07) is 4.35. The summed E-state index contributed by atoms with van der Waals surface area (Å²) in [6.07, 6.45) is 4.11. The molecule has 1 aromatic rings. The lowest BCUT2D eigenvalue weighted by molar-refractivity contribution is 0.156. The van der Waals surface area contributed by atoms with E-state index in [1.165, 1.54) is 5.69 Å². The van der Waals surface area contributed by atoms with Crippen molar-refractivity contribution < 1.29 is 9.53 Å². The lowest BCUT2D eigenvalue weighted by Gasteiger charge is -2.27. The van der Waals surface area contributed by atoms with Crippen molar-refractivity contribution in [2.45, 2.75) is 31.8 Å². The number of likely N-dealkylation sites (tertiary alicyclic amines) is 1. The Morgan fingerprint density at radius 3 is 3.05 bits per heavy atom. The molecule has 2 unspecified atom stereocenters. The third kappa shape index (κ3) is 3.10. The second-order valence-corrected chi connectivity index (χ2v) is 5.20. The van der Waals surface area contributed by atoms with E-state index in [1.54, 1.807) is 7.11 Å². The number of hydrogen-bond acceptors (Lipinski definition) is 2. The number of hydrogen-bond donors (Lipinski definition) is 1. The summed E-state index contributed by atoms with van der Waals surface area (Å²) in [4.78, 5) is 14.2. The van der Waals surface area contributed by atoms with Gasteiger partial charge in [0.1, 0.15) is 0 Å². The van der Waals surface area contributed by atoms with Crippen LogP contribution >= 0.6 is 0 Å². The number of methoxy groups -OCH3 is 1. The maximum atomic E-state index is 12.3. The van der Waals surface area contributed by atoms with Gasteiger partial charge in [-0.2, -0.15) is 0 Å². The molecule has 0 spiro atoms. The fraction of sp³-hybridized carbons (Fsp3) is 0.643. The average molecular weight is 265 g/mol. The van der Waals surface area contributed by atoms with Gasteiger partial charge in [0.25, 0.3) is 0 Å². The molecule has 1 aliphatic rings. The molecule has 1 aromatic heterocycles. The molecule has 106 valence electrons. The predicted molar refractivity (Wildman–Crippen MR) is 74.0 cm³/mol. The molecule has 0 aromatic carbocycles. The van der Waals surface area contributed by atoms with Gasteiger partial charge >= 0.3 is 6.03 Å².